The van der Waals surface area contributed by atoms with E-state index in [9.17, 15) is 10.1 Å². The van der Waals surface area contributed by atoms with Crippen LogP contribution in [0.15, 0.2) is 35.4 Å². The number of thioether (sulfide) groups is 1. The molecule has 7 heteroatoms. The summed E-state index contributed by atoms with van der Waals surface area (Å²) in [4.78, 5) is 11.5. The molecule has 0 saturated carbocycles. The first-order chi connectivity index (χ1) is 9.11. The largest absolute Gasteiger partial charge is 0.471 e. The minimum Gasteiger partial charge on any atom is -0.471 e. The maximum atomic E-state index is 11.0. The molecule has 0 aliphatic rings. The Morgan fingerprint density at radius 3 is 2.84 bits per heavy atom. The number of hydrogen-bond acceptors (Lipinski definition) is 5. The quantitative estimate of drug-likeness (QED) is 0.478. The van der Waals surface area contributed by atoms with Gasteiger partial charge in [0.25, 0.3) is 5.69 Å². The highest BCUT2D eigenvalue weighted by molar-refractivity contribution is 7.98. The van der Waals surface area contributed by atoms with Crippen LogP contribution in [0.3, 0.4) is 0 Å². The number of nitro groups is 1. The Hall–Kier alpha value is -2.02. The molecule has 0 aliphatic carbocycles. The Morgan fingerprint density at radius 2 is 2.26 bits per heavy atom. The number of benzene rings is 1. The Balaban J connectivity index is 2.25. The molecule has 100 valence electrons. The number of rotatable bonds is 5. The van der Waals surface area contributed by atoms with Crippen molar-refractivity contribution < 1.29 is 9.66 Å². The molecule has 0 aliphatic heterocycles. The van der Waals surface area contributed by atoms with Gasteiger partial charge in [-0.05, 0) is 12.3 Å². The van der Waals surface area contributed by atoms with Crippen molar-refractivity contribution in [2.24, 2.45) is 7.05 Å². The standard InChI is InChI=1S/C12H13N3O3S/c1-14-7-6-12(13-14)18-8-9-10(15(16)17)4-3-5-11(9)19-2/h3-7H,8H2,1-2H3. The van der Waals surface area contributed by atoms with E-state index in [2.05, 4.69) is 5.10 Å². The van der Waals surface area contributed by atoms with Gasteiger partial charge in [0.1, 0.15) is 6.61 Å². The van der Waals surface area contributed by atoms with Crippen LogP contribution >= 0.6 is 11.8 Å². The number of aryl methyl sites for hydroxylation is 1. The third kappa shape index (κ3) is 3.05. The van der Waals surface area contributed by atoms with Crippen LogP contribution in [0, 0.1) is 10.1 Å². The van der Waals surface area contributed by atoms with E-state index in [1.54, 1.807) is 30.1 Å². The van der Waals surface area contributed by atoms with Crippen LogP contribution in [0.25, 0.3) is 0 Å². The van der Waals surface area contributed by atoms with Crippen molar-refractivity contribution in [1.82, 2.24) is 9.78 Å². The maximum Gasteiger partial charge on any atom is 0.277 e. The summed E-state index contributed by atoms with van der Waals surface area (Å²) in [5.74, 6) is 0.452. The van der Waals surface area contributed by atoms with Gasteiger partial charge in [-0.3, -0.25) is 14.8 Å². The van der Waals surface area contributed by atoms with Crippen molar-refractivity contribution in [1.29, 1.82) is 0 Å². The molecular formula is C12H13N3O3S. The van der Waals surface area contributed by atoms with Crippen molar-refractivity contribution in [3.8, 4) is 5.88 Å². The van der Waals surface area contributed by atoms with Crippen LogP contribution in [0.1, 0.15) is 5.56 Å². The highest BCUT2D eigenvalue weighted by atomic mass is 32.2. The van der Waals surface area contributed by atoms with Crippen LogP contribution in [-0.4, -0.2) is 21.0 Å². The summed E-state index contributed by atoms with van der Waals surface area (Å²) in [7, 11) is 1.78. The second-order valence-electron chi connectivity index (χ2n) is 3.83. The molecule has 1 aromatic heterocycles. The topological polar surface area (TPSA) is 70.2 Å². The molecule has 0 bridgehead atoms. The zero-order valence-electron chi connectivity index (χ0n) is 10.6. The molecule has 0 atom stereocenters. The first-order valence-corrected chi connectivity index (χ1v) is 6.77. The van der Waals surface area contributed by atoms with Crippen molar-refractivity contribution in [3.05, 3.63) is 46.1 Å². The Kier molecular flexibility index (Phi) is 4.06. The summed E-state index contributed by atoms with van der Waals surface area (Å²) in [6.45, 7) is 0.129. The first kappa shape index (κ1) is 13.4. The molecule has 2 rings (SSSR count). The molecule has 0 N–H and O–H groups in total. The van der Waals surface area contributed by atoms with E-state index in [1.807, 2.05) is 12.3 Å². The van der Waals surface area contributed by atoms with E-state index < -0.39 is 4.92 Å². The number of hydrogen-bond donors (Lipinski definition) is 0. The van der Waals surface area contributed by atoms with E-state index in [1.165, 1.54) is 17.8 Å². The second-order valence-corrected chi connectivity index (χ2v) is 4.68. The summed E-state index contributed by atoms with van der Waals surface area (Å²) in [6.07, 6.45) is 3.63. The second kappa shape index (κ2) is 5.75. The van der Waals surface area contributed by atoms with Crippen molar-refractivity contribution in [2.45, 2.75) is 11.5 Å². The smallest absolute Gasteiger partial charge is 0.277 e. The number of aromatic nitrogens is 2. The Bertz CT molecular complexity index is 598. The van der Waals surface area contributed by atoms with E-state index in [4.69, 9.17) is 4.74 Å². The molecule has 6 nitrogen and oxygen atoms in total. The normalized spacial score (nSPS) is 10.4. The predicted octanol–water partition coefficient (Wildman–Crippen LogP) is 2.63. The van der Waals surface area contributed by atoms with Crippen LogP contribution in [-0.2, 0) is 13.7 Å². The van der Waals surface area contributed by atoms with E-state index >= 15 is 0 Å². The Labute approximate surface area is 114 Å². The predicted molar refractivity (Wildman–Crippen MR) is 72.4 cm³/mol. The summed E-state index contributed by atoms with van der Waals surface area (Å²) >= 11 is 1.46. The molecule has 0 unspecified atom stereocenters. The van der Waals surface area contributed by atoms with Crippen molar-refractivity contribution >= 4 is 17.4 Å². The van der Waals surface area contributed by atoms with Crippen LogP contribution < -0.4 is 4.74 Å². The van der Waals surface area contributed by atoms with Gasteiger partial charge < -0.3 is 4.74 Å². The fourth-order valence-electron chi connectivity index (χ4n) is 1.68. The molecule has 0 spiro atoms. The van der Waals surface area contributed by atoms with Gasteiger partial charge in [-0.15, -0.1) is 16.9 Å². The van der Waals surface area contributed by atoms with Gasteiger partial charge in [-0.25, -0.2) is 0 Å². The maximum absolute atomic E-state index is 11.0. The first-order valence-electron chi connectivity index (χ1n) is 5.54. The SMILES string of the molecule is CSc1cccc([N+](=O)[O-])c1COc1ccn(C)n1. The number of ether oxygens (including phenoxy) is 1. The third-order valence-electron chi connectivity index (χ3n) is 2.58. The molecule has 0 fully saturated rings. The average molecular weight is 279 g/mol. The zero-order chi connectivity index (χ0) is 13.8. The monoisotopic (exact) mass is 279 g/mol. The lowest BCUT2D eigenvalue weighted by Crippen LogP contribution is -2.03. The summed E-state index contributed by atoms with van der Waals surface area (Å²) in [5, 5.41) is 15.1. The van der Waals surface area contributed by atoms with Crippen LogP contribution in [0.2, 0.25) is 0 Å². The van der Waals surface area contributed by atoms with Gasteiger partial charge in [0.15, 0.2) is 0 Å². The number of nitrogens with zero attached hydrogens (tertiary/aromatic N) is 3. The molecule has 19 heavy (non-hydrogen) atoms. The lowest BCUT2D eigenvalue weighted by molar-refractivity contribution is -0.386. The molecule has 2 aromatic rings. The summed E-state index contributed by atoms with van der Waals surface area (Å²) in [6, 6.07) is 6.72. The minimum absolute atomic E-state index is 0.0720. The Morgan fingerprint density at radius 1 is 1.47 bits per heavy atom. The van der Waals surface area contributed by atoms with E-state index in [-0.39, 0.29) is 12.3 Å². The lowest BCUT2D eigenvalue weighted by Gasteiger charge is -2.08. The average Bonchev–Trinajstić information content (AvgIpc) is 2.81. The molecule has 0 radical (unpaired) electrons. The molecule has 1 heterocycles. The molecule has 1 aromatic carbocycles. The fourth-order valence-corrected chi connectivity index (χ4v) is 2.30. The summed E-state index contributed by atoms with van der Waals surface area (Å²) in [5.41, 5.74) is 0.647. The minimum atomic E-state index is -0.392. The van der Waals surface area contributed by atoms with Gasteiger partial charge in [-0.2, -0.15) is 0 Å². The summed E-state index contributed by atoms with van der Waals surface area (Å²) < 4.78 is 7.11. The van der Waals surface area contributed by atoms with E-state index in [0.717, 1.165) is 4.90 Å². The van der Waals surface area contributed by atoms with Gasteiger partial charge >= 0.3 is 0 Å². The van der Waals surface area contributed by atoms with Crippen LogP contribution in [0.4, 0.5) is 5.69 Å². The van der Waals surface area contributed by atoms with Crippen molar-refractivity contribution in [3.63, 3.8) is 0 Å². The molecule has 0 amide bonds. The molecule has 0 saturated heterocycles. The van der Waals surface area contributed by atoms with Gasteiger partial charge in [0.05, 0.1) is 10.5 Å². The van der Waals surface area contributed by atoms with Gasteiger partial charge in [0, 0.05) is 30.3 Å². The lowest BCUT2D eigenvalue weighted by atomic mass is 10.2. The van der Waals surface area contributed by atoms with Crippen molar-refractivity contribution in [2.75, 3.05) is 6.26 Å². The van der Waals surface area contributed by atoms with E-state index in [0.29, 0.717) is 11.4 Å². The number of nitro benzene ring substituents is 1. The third-order valence-corrected chi connectivity index (χ3v) is 3.40. The highest BCUT2D eigenvalue weighted by Crippen LogP contribution is 2.29. The fraction of sp³-hybridized carbons (Fsp3) is 0.250. The zero-order valence-corrected chi connectivity index (χ0v) is 11.4. The van der Waals surface area contributed by atoms with Gasteiger partial charge in [0.2, 0.25) is 5.88 Å². The highest BCUT2D eigenvalue weighted by Gasteiger charge is 2.17. The van der Waals surface area contributed by atoms with Crippen LogP contribution in [0.5, 0.6) is 5.88 Å². The van der Waals surface area contributed by atoms with Gasteiger partial charge in [-0.1, -0.05) is 6.07 Å². The molecular weight excluding hydrogens is 266 g/mol.